The normalized spacial score (nSPS) is 12.2. The van der Waals surface area contributed by atoms with Gasteiger partial charge < -0.3 is 10.2 Å². The van der Waals surface area contributed by atoms with Crippen molar-refractivity contribution >= 4 is 21.6 Å². The molecule has 0 saturated carbocycles. The minimum absolute atomic E-state index is 0.380. The second-order valence-corrected chi connectivity index (χ2v) is 6.36. The van der Waals surface area contributed by atoms with Crippen LogP contribution in [0.4, 0.5) is 5.69 Å². The van der Waals surface area contributed by atoms with Gasteiger partial charge in [0.1, 0.15) is 0 Å². The van der Waals surface area contributed by atoms with Gasteiger partial charge in [-0.05, 0) is 55.8 Å². The highest BCUT2D eigenvalue weighted by molar-refractivity contribution is 9.10. The molecule has 3 heteroatoms. The van der Waals surface area contributed by atoms with E-state index in [9.17, 15) is 0 Å². The minimum atomic E-state index is 0.380. The van der Waals surface area contributed by atoms with Gasteiger partial charge in [0.2, 0.25) is 0 Å². The summed E-state index contributed by atoms with van der Waals surface area (Å²) in [6, 6.07) is 17.6. The van der Waals surface area contributed by atoms with E-state index in [1.807, 2.05) is 7.05 Å². The van der Waals surface area contributed by atoms with Crippen LogP contribution in [-0.2, 0) is 0 Å². The van der Waals surface area contributed by atoms with Gasteiger partial charge in [-0.15, -0.1) is 0 Å². The molecule has 0 aliphatic heterocycles. The third kappa shape index (κ3) is 4.58. The smallest absolute Gasteiger partial charge is 0.0366 e. The van der Waals surface area contributed by atoms with Crippen LogP contribution in [0.25, 0.3) is 0 Å². The van der Waals surface area contributed by atoms with Crippen molar-refractivity contribution in [1.29, 1.82) is 0 Å². The summed E-state index contributed by atoms with van der Waals surface area (Å²) in [5.74, 6) is 0. The van der Waals surface area contributed by atoms with Gasteiger partial charge in [-0.3, -0.25) is 0 Å². The van der Waals surface area contributed by atoms with Crippen molar-refractivity contribution in [2.75, 3.05) is 25.5 Å². The van der Waals surface area contributed by atoms with Crippen LogP contribution < -0.4 is 10.2 Å². The lowest BCUT2D eigenvalue weighted by Crippen LogP contribution is -2.25. The van der Waals surface area contributed by atoms with Gasteiger partial charge in [0.25, 0.3) is 0 Å². The lowest BCUT2D eigenvalue weighted by Gasteiger charge is -2.24. The van der Waals surface area contributed by atoms with Crippen molar-refractivity contribution in [3.63, 3.8) is 0 Å². The molecule has 1 atom stereocenters. The number of halogens is 1. The highest BCUT2D eigenvalue weighted by Crippen LogP contribution is 2.21. The Morgan fingerprint density at radius 1 is 1.14 bits per heavy atom. The maximum atomic E-state index is 3.49. The molecule has 112 valence electrons. The first-order valence-corrected chi connectivity index (χ1v) is 8.10. The SMILES string of the molecule is CNC(CCN(C)c1cccc(C)c1)c1ccc(Br)cc1. The van der Waals surface area contributed by atoms with E-state index in [1.54, 1.807) is 0 Å². The molecule has 0 saturated heterocycles. The van der Waals surface area contributed by atoms with Crippen LogP contribution in [0.3, 0.4) is 0 Å². The van der Waals surface area contributed by atoms with Crippen LogP contribution >= 0.6 is 15.9 Å². The molecule has 0 aliphatic carbocycles. The van der Waals surface area contributed by atoms with E-state index in [0.29, 0.717) is 6.04 Å². The molecule has 2 aromatic rings. The van der Waals surface area contributed by atoms with E-state index in [1.165, 1.54) is 16.8 Å². The van der Waals surface area contributed by atoms with Crippen LogP contribution in [-0.4, -0.2) is 20.6 Å². The van der Waals surface area contributed by atoms with Crippen molar-refractivity contribution in [2.45, 2.75) is 19.4 Å². The molecule has 0 aliphatic rings. The predicted molar refractivity (Wildman–Crippen MR) is 95.0 cm³/mol. The zero-order valence-electron chi connectivity index (χ0n) is 12.9. The summed E-state index contributed by atoms with van der Waals surface area (Å²) in [6.07, 6.45) is 1.07. The second kappa shape index (κ2) is 7.62. The molecule has 2 rings (SSSR count). The van der Waals surface area contributed by atoms with E-state index in [4.69, 9.17) is 0 Å². The van der Waals surface area contributed by atoms with E-state index in [2.05, 4.69) is 88.6 Å². The van der Waals surface area contributed by atoms with Crippen molar-refractivity contribution in [2.24, 2.45) is 0 Å². The Morgan fingerprint density at radius 2 is 1.86 bits per heavy atom. The number of hydrogen-bond acceptors (Lipinski definition) is 2. The number of hydrogen-bond donors (Lipinski definition) is 1. The van der Waals surface area contributed by atoms with Gasteiger partial charge in [-0.2, -0.15) is 0 Å². The molecule has 0 heterocycles. The van der Waals surface area contributed by atoms with E-state index < -0.39 is 0 Å². The minimum Gasteiger partial charge on any atom is -0.375 e. The molecule has 0 amide bonds. The van der Waals surface area contributed by atoms with E-state index in [-0.39, 0.29) is 0 Å². The van der Waals surface area contributed by atoms with Gasteiger partial charge in [0.05, 0.1) is 0 Å². The molecule has 0 spiro atoms. The summed E-state index contributed by atoms with van der Waals surface area (Å²) in [4.78, 5) is 2.32. The first-order valence-electron chi connectivity index (χ1n) is 7.30. The molecule has 2 aromatic carbocycles. The molecule has 21 heavy (non-hydrogen) atoms. The second-order valence-electron chi connectivity index (χ2n) is 5.44. The molecule has 0 radical (unpaired) electrons. The molecule has 0 fully saturated rings. The number of rotatable bonds is 6. The third-order valence-electron chi connectivity index (χ3n) is 3.82. The maximum Gasteiger partial charge on any atom is 0.0366 e. The monoisotopic (exact) mass is 346 g/mol. The standard InChI is InChI=1S/C18H23BrN2/c1-14-5-4-6-17(13-14)21(3)12-11-18(20-2)15-7-9-16(19)10-8-15/h4-10,13,18,20H,11-12H2,1-3H3. The van der Waals surface area contributed by atoms with Crippen LogP contribution in [0, 0.1) is 6.92 Å². The van der Waals surface area contributed by atoms with Crippen molar-refractivity contribution in [3.05, 3.63) is 64.1 Å². The summed E-state index contributed by atoms with van der Waals surface area (Å²) in [5.41, 5.74) is 3.91. The fraction of sp³-hybridized carbons (Fsp3) is 0.333. The number of anilines is 1. The quantitative estimate of drug-likeness (QED) is 0.825. The molecule has 1 unspecified atom stereocenters. The fourth-order valence-electron chi connectivity index (χ4n) is 2.49. The van der Waals surface area contributed by atoms with Crippen LogP contribution in [0.2, 0.25) is 0 Å². The van der Waals surface area contributed by atoms with Crippen LogP contribution in [0.15, 0.2) is 53.0 Å². The van der Waals surface area contributed by atoms with Gasteiger partial charge in [0.15, 0.2) is 0 Å². The highest BCUT2D eigenvalue weighted by Gasteiger charge is 2.10. The Hall–Kier alpha value is -1.32. The first-order chi connectivity index (χ1) is 10.1. The summed E-state index contributed by atoms with van der Waals surface area (Å²) in [7, 11) is 4.18. The Morgan fingerprint density at radius 3 is 2.48 bits per heavy atom. The average molecular weight is 347 g/mol. The average Bonchev–Trinajstić information content (AvgIpc) is 2.49. The lowest BCUT2D eigenvalue weighted by atomic mass is 10.0. The largest absolute Gasteiger partial charge is 0.375 e. The Bertz CT molecular complexity index is 566. The topological polar surface area (TPSA) is 15.3 Å². The Kier molecular flexibility index (Phi) is 5.83. The summed E-state index contributed by atoms with van der Waals surface area (Å²) in [5, 5.41) is 3.41. The maximum absolute atomic E-state index is 3.49. The van der Waals surface area contributed by atoms with Gasteiger partial charge in [0, 0.05) is 29.8 Å². The molecule has 0 bridgehead atoms. The van der Waals surface area contributed by atoms with Crippen molar-refractivity contribution in [1.82, 2.24) is 5.32 Å². The first kappa shape index (κ1) is 16.1. The van der Waals surface area contributed by atoms with E-state index >= 15 is 0 Å². The summed E-state index contributed by atoms with van der Waals surface area (Å²) < 4.78 is 1.12. The predicted octanol–water partition coefficient (Wildman–Crippen LogP) is 4.54. The van der Waals surface area contributed by atoms with Gasteiger partial charge in [-0.25, -0.2) is 0 Å². The fourth-order valence-corrected chi connectivity index (χ4v) is 2.75. The number of aryl methyl sites for hydroxylation is 1. The molecular weight excluding hydrogens is 324 g/mol. The molecule has 0 aromatic heterocycles. The molecule has 2 nitrogen and oxygen atoms in total. The molecule has 1 N–H and O–H groups in total. The Balaban J connectivity index is 1.98. The van der Waals surface area contributed by atoms with Gasteiger partial charge in [-0.1, -0.05) is 40.2 Å². The highest BCUT2D eigenvalue weighted by atomic mass is 79.9. The number of nitrogens with one attached hydrogen (secondary N) is 1. The van der Waals surface area contributed by atoms with Gasteiger partial charge >= 0.3 is 0 Å². The lowest BCUT2D eigenvalue weighted by molar-refractivity contribution is 0.549. The summed E-state index contributed by atoms with van der Waals surface area (Å²) >= 11 is 3.49. The zero-order chi connectivity index (χ0) is 15.2. The van der Waals surface area contributed by atoms with Crippen molar-refractivity contribution in [3.8, 4) is 0 Å². The van der Waals surface area contributed by atoms with E-state index in [0.717, 1.165) is 17.4 Å². The molecular formula is C18H23BrN2. The Labute approximate surface area is 136 Å². The van der Waals surface area contributed by atoms with Crippen molar-refractivity contribution < 1.29 is 0 Å². The summed E-state index contributed by atoms with van der Waals surface area (Å²) in [6.45, 7) is 3.15. The number of benzene rings is 2. The third-order valence-corrected chi connectivity index (χ3v) is 4.35. The van der Waals surface area contributed by atoms with Crippen LogP contribution in [0.5, 0.6) is 0 Å². The van der Waals surface area contributed by atoms with Crippen LogP contribution in [0.1, 0.15) is 23.6 Å². The zero-order valence-corrected chi connectivity index (χ0v) is 14.5. The number of nitrogens with zero attached hydrogens (tertiary/aromatic N) is 1.